The Morgan fingerprint density at radius 2 is 1.45 bits per heavy atom. The molecule has 3 atom stereocenters. The van der Waals surface area contributed by atoms with Crippen LogP contribution in [0.1, 0.15) is 113 Å². The number of nitrogens with one attached hydrogen (secondary N) is 7. The highest BCUT2D eigenvalue weighted by molar-refractivity contribution is 5.98. The van der Waals surface area contributed by atoms with Crippen LogP contribution in [0.2, 0.25) is 0 Å². The van der Waals surface area contributed by atoms with Gasteiger partial charge >= 0.3 is 12.1 Å². The molecule has 17 heteroatoms. The molecule has 1 unspecified atom stereocenters. The Balaban J connectivity index is 2.78. The number of anilines is 1. The lowest BCUT2D eigenvalue weighted by Crippen LogP contribution is -2.54. The van der Waals surface area contributed by atoms with Crippen LogP contribution in [0.5, 0.6) is 0 Å². The lowest BCUT2D eigenvalue weighted by atomic mass is 9.98. The minimum atomic E-state index is -1.01. The summed E-state index contributed by atoms with van der Waals surface area (Å²) in [5.41, 5.74) is 5.37. The van der Waals surface area contributed by atoms with Gasteiger partial charge in [0, 0.05) is 44.3 Å². The smallest absolute Gasteiger partial charge is 0.407 e. The van der Waals surface area contributed by atoms with Crippen molar-refractivity contribution in [3.05, 3.63) is 29.8 Å². The van der Waals surface area contributed by atoms with Crippen molar-refractivity contribution >= 4 is 41.4 Å². The van der Waals surface area contributed by atoms with Crippen molar-refractivity contribution < 1.29 is 43.0 Å². The molecule has 1 rings (SSSR count). The van der Waals surface area contributed by atoms with Gasteiger partial charge in [-0.2, -0.15) is 0 Å². The van der Waals surface area contributed by atoms with E-state index < -0.39 is 47.2 Å². The van der Waals surface area contributed by atoms with Crippen molar-refractivity contribution in [2.24, 2.45) is 11.7 Å². The summed E-state index contributed by atoms with van der Waals surface area (Å²) in [6.45, 7) is 19.7. The molecule has 0 fully saturated rings. The van der Waals surface area contributed by atoms with Gasteiger partial charge in [-0.25, -0.2) is 9.59 Å². The number of ether oxygens (including phenoxy) is 3. The highest BCUT2D eigenvalue weighted by Gasteiger charge is 2.30. The predicted octanol–water partition coefficient (Wildman–Crippen LogP) is 3.60. The Bertz CT molecular complexity index is 1420. The van der Waals surface area contributed by atoms with Crippen LogP contribution in [0.15, 0.2) is 24.3 Å². The Kier molecular flexibility index (Phi) is 24.2. The van der Waals surface area contributed by atoms with E-state index in [0.717, 1.165) is 0 Å². The van der Waals surface area contributed by atoms with Crippen molar-refractivity contribution in [2.75, 3.05) is 44.7 Å². The summed E-state index contributed by atoms with van der Waals surface area (Å²) in [6, 6.07) is 4.38. The number of carbonyl (C=O) groups excluding carboxylic acids is 6. The summed E-state index contributed by atoms with van der Waals surface area (Å²) in [5, 5.41) is 19.6. The monoisotopic (exact) mass is 821 g/mol. The average Bonchev–Trinajstić information content (AvgIpc) is 3.15. The van der Waals surface area contributed by atoms with Gasteiger partial charge in [0.15, 0.2) is 0 Å². The Morgan fingerprint density at radius 3 is 2.05 bits per heavy atom. The summed E-state index contributed by atoms with van der Waals surface area (Å²) < 4.78 is 17.5. The molecular weight excluding hydrogens is 748 g/mol. The van der Waals surface area contributed by atoms with Gasteiger partial charge in [0.2, 0.25) is 23.6 Å². The molecule has 7 amide bonds. The second-order valence-corrected chi connectivity index (χ2v) is 15.8. The SMILES string of the molecule is CCC(=O)NCCC(C)(C)OCCC(C)(CC)OCCC(=O)N[C@H](C(=O)N[C@@H](CCCNC(N)=O)C(=O)Nc1ccc(COC(=O)NCCNC(C)C)cc1)C(C)C. The van der Waals surface area contributed by atoms with Crippen LogP contribution < -0.4 is 43.0 Å². The molecule has 0 radical (unpaired) electrons. The molecular formula is C41H72N8O9. The lowest BCUT2D eigenvalue weighted by molar-refractivity contribution is -0.133. The predicted molar refractivity (Wildman–Crippen MR) is 224 cm³/mol. The lowest BCUT2D eigenvalue weighted by Gasteiger charge is -2.32. The molecule has 0 saturated heterocycles. The molecule has 17 nitrogen and oxygen atoms in total. The van der Waals surface area contributed by atoms with E-state index in [1.165, 1.54) is 0 Å². The van der Waals surface area contributed by atoms with Gasteiger partial charge in [0.1, 0.15) is 18.7 Å². The van der Waals surface area contributed by atoms with E-state index in [1.807, 2.05) is 48.5 Å². The number of alkyl carbamates (subject to hydrolysis) is 1. The highest BCUT2D eigenvalue weighted by Crippen LogP contribution is 2.23. The Hall–Kier alpha value is -4.48. The Labute approximate surface area is 345 Å². The van der Waals surface area contributed by atoms with E-state index >= 15 is 0 Å². The quantitative estimate of drug-likeness (QED) is 0.0547. The van der Waals surface area contributed by atoms with E-state index in [0.29, 0.717) is 75.6 Å². The van der Waals surface area contributed by atoms with Gasteiger partial charge in [-0.05, 0) is 76.5 Å². The summed E-state index contributed by atoms with van der Waals surface area (Å²) >= 11 is 0. The largest absolute Gasteiger partial charge is 0.445 e. The van der Waals surface area contributed by atoms with Crippen molar-refractivity contribution in [3.8, 4) is 0 Å². The van der Waals surface area contributed by atoms with E-state index in [1.54, 1.807) is 38.1 Å². The summed E-state index contributed by atoms with van der Waals surface area (Å²) in [7, 11) is 0. The van der Waals surface area contributed by atoms with Gasteiger partial charge in [0.25, 0.3) is 0 Å². The molecule has 0 aliphatic heterocycles. The molecule has 0 aromatic heterocycles. The number of benzene rings is 1. The fraction of sp³-hybridized carbons (Fsp3) is 0.707. The standard InChI is InChI=1S/C41H72N8O9/c1-10-33(50)44-22-19-40(7,8)57-26-20-41(9,11-2)58-25-18-34(51)49-35(28(3)4)37(53)48-32(13-12-21-45-38(42)54)36(52)47-31-16-14-30(15-17-31)27-56-39(55)46-24-23-43-29(5)6/h14-17,28-29,32,35,43H,10-13,18-27H2,1-9H3,(H,44,50)(H,46,55)(H,47,52)(H,48,53)(H,49,51)(H3,42,45,54)/t32-,35-,41?/m0/s1. The van der Waals surface area contributed by atoms with Crippen molar-refractivity contribution in [2.45, 2.75) is 143 Å². The molecule has 58 heavy (non-hydrogen) atoms. The zero-order valence-electron chi connectivity index (χ0n) is 36.3. The number of carbonyl (C=O) groups is 6. The summed E-state index contributed by atoms with van der Waals surface area (Å²) in [6.07, 6.45) is 2.36. The molecule has 9 N–H and O–H groups in total. The van der Waals surface area contributed by atoms with Crippen LogP contribution in [-0.4, -0.2) is 104 Å². The third-order valence-corrected chi connectivity index (χ3v) is 9.43. The molecule has 1 aromatic carbocycles. The van der Waals surface area contributed by atoms with Crippen LogP contribution >= 0.6 is 0 Å². The first-order valence-electron chi connectivity index (χ1n) is 20.5. The van der Waals surface area contributed by atoms with E-state index in [-0.39, 0.29) is 50.3 Å². The molecule has 0 saturated carbocycles. The molecule has 1 aromatic rings. The number of hydrogen-bond acceptors (Lipinski definition) is 10. The third-order valence-electron chi connectivity index (χ3n) is 9.43. The third kappa shape index (κ3) is 23.1. The number of rotatable bonds is 29. The molecule has 330 valence electrons. The zero-order valence-corrected chi connectivity index (χ0v) is 36.3. The minimum Gasteiger partial charge on any atom is -0.445 e. The summed E-state index contributed by atoms with van der Waals surface area (Å²) in [4.78, 5) is 74.9. The van der Waals surface area contributed by atoms with Crippen LogP contribution in [0.3, 0.4) is 0 Å². The first-order chi connectivity index (χ1) is 27.3. The van der Waals surface area contributed by atoms with Gasteiger partial charge in [-0.3, -0.25) is 19.2 Å². The van der Waals surface area contributed by atoms with Crippen molar-refractivity contribution in [3.63, 3.8) is 0 Å². The van der Waals surface area contributed by atoms with Crippen molar-refractivity contribution in [1.82, 2.24) is 31.9 Å². The number of hydrogen-bond donors (Lipinski definition) is 8. The number of amides is 7. The van der Waals surface area contributed by atoms with Crippen molar-refractivity contribution in [1.29, 1.82) is 0 Å². The Morgan fingerprint density at radius 1 is 0.759 bits per heavy atom. The maximum atomic E-state index is 13.6. The topological polar surface area (TPSA) is 240 Å². The average molecular weight is 821 g/mol. The van der Waals surface area contributed by atoms with Gasteiger partial charge < -0.3 is 57.2 Å². The fourth-order valence-corrected chi connectivity index (χ4v) is 5.45. The fourth-order valence-electron chi connectivity index (χ4n) is 5.45. The maximum Gasteiger partial charge on any atom is 0.407 e. The van der Waals surface area contributed by atoms with Crippen LogP contribution in [0.25, 0.3) is 0 Å². The number of nitrogens with two attached hydrogens (primary N) is 1. The van der Waals surface area contributed by atoms with Gasteiger partial charge in [-0.15, -0.1) is 0 Å². The van der Waals surface area contributed by atoms with E-state index in [2.05, 4.69) is 37.2 Å². The van der Waals surface area contributed by atoms with Crippen LogP contribution in [-0.2, 0) is 40.0 Å². The molecule has 0 bridgehead atoms. The molecule has 0 spiro atoms. The van der Waals surface area contributed by atoms with Gasteiger partial charge in [0.05, 0.1) is 30.8 Å². The van der Waals surface area contributed by atoms with Gasteiger partial charge in [-0.1, -0.05) is 53.7 Å². The normalized spacial score (nSPS) is 13.5. The first-order valence-corrected chi connectivity index (χ1v) is 20.5. The maximum absolute atomic E-state index is 13.6. The minimum absolute atomic E-state index is 0.00251. The zero-order chi connectivity index (χ0) is 43.7. The van der Waals surface area contributed by atoms with Crippen LogP contribution in [0, 0.1) is 5.92 Å². The first kappa shape index (κ1) is 51.5. The molecule has 0 aliphatic carbocycles. The summed E-state index contributed by atoms with van der Waals surface area (Å²) in [5.74, 6) is -1.72. The molecule has 0 heterocycles. The second kappa shape index (κ2) is 27.3. The van der Waals surface area contributed by atoms with E-state index in [4.69, 9.17) is 19.9 Å². The highest BCUT2D eigenvalue weighted by atomic mass is 16.5. The van der Waals surface area contributed by atoms with E-state index in [9.17, 15) is 28.8 Å². The second-order valence-electron chi connectivity index (χ2n) is 15.8. The van der Waals surface area contributed by atoms with Crippen LogP contribution in [0.4, 0.5) is 15.3 Å². The number of primary amides is 1. The molecule has 0 aliphatic rings. The number of urea groups is 1.